The number of rotatable bonds is 8. The molecule has 1 atom stereocenters. The third-order valence-corrected chi connectivity index (χ3v) is 6.93. The summed E-state index contributed by atoms with van der Waals surface area (Å²) in [5.41, 5.74) is 3.12. The van der Waals surface area contributed by atoms with Gasteiger partial charge < -0.3 is 19.5 Å². The van der Waals surface area contributed by atoms with Crippen LogP contribution in [0.3, 0.4) is 0 Å². The molecule has 0 aliphatic carbocycles. The van der Waals surface area contributed by atoms with Crippen molar-refractivity contribution in [2.45, 2.75) is 36.6 Å². The van der Waals surface area contributed by atoms with Crippen molar-refractivity contribution >= 4 is 35.0 Å². The van der Waals surface area contributed by atoms with E-state index in [0.29, 0.717) is 22.8 Å². The third-order valence-electron chi connectivity index (χ3n) is 4.74. The Hall–Kier alpha value is -3.04. The third kappa shape index (κ3) is 5.41. The Bertz CT molecular complexity index is 1130. The number of carbonyl (C=O) groups is 2. The zero-order chi connectivity index (χ0) is 22.5. The van der Waals surface area contributed by atoms with E-state index in [0.717, 1.165) is 21.2 Å². The highest BCUT2D eigenvalue weighted by molar-refractivity contribution is 8.00. The summed E-state index contributed by atoms with van der Waals surface area (Å²) < 4.78 is 17.0. The van der Waals surface area contributed by atoms with Crippen LogP contribution < -0.4 is 14.8 Å². The summed E-state index contributed by atoms with van der Waals surface area (Å²) in [6, 6.07) is 12.7. The van der Waals surface area contributed by atoms with E-state index in [2.05, 4.69) is 10.3 Å². The number of thioether (sulfide) groups is 1. The molecule has 1 N–H and O–H groups in total. The van der Waals surface area contributed by atoms with Crippen LogP contribution in [-0.4, -0.2) is 29.8 Å². The number of hydrogen-bond donors (Lipinski definition) is 1. The predicted octanol–water partition coefficient (Wildman–Crippen LogP) is 4.33. The number of thiazole rings is 1. The molecular formula is C23H22N2O5S2. The summed E-state index contributed by atoms with van der Waals surface area (Å²) in [6.45, 7) is 3.99. The smallest absolute Gasteiger partial charge is 0.339 e. The molecule has 0 spiro atoms. The Balaban J connectivity index is 1.32. The van der Waals surface area contributed by atoms with E-state index in [4.69, 9.17) is 14.2 Å². The van der Waals surface area contributed by atoms with E-state index in [-0.39, 0.29) is 19.2 Å². The van der Waals surface area contributed by atoms with Crippen molar-refractivity contribution in [2.75, 3.05) is 6.79 Å². The summed E-state index contributed by atoms with van der Waals surface area (Å²) in [7, 11) is 0. The predicted molar refractivity (Wildman–Crippen MR) is 122 cm³/mol. The number of ether oxygens (including phenoxy) is 3. The zero-order valence-corrected chi connectivity index (χ0v) is 19.3. The largest absolute Gasteiger partial charge is 0.454 e. The molecular weight excluding hydrogens is 448 g/mol. The minimum Gasteiger partial charge on any atom is -0.454 e. The van der Waals surface area contributed by atoms with E-state index in [1.807, 2.05) is 36.6 Å². The topological polar surface area (TPSA) is 86.8 Å². The second-order valence-corrected chi connectivity index (χ2v) is 9.23. The Kier molecular flexibility index (Phi) is 6.96. The van der Waals surface area contributed by atoms with Crippen molar-refractivity contribution in [1.29, 1.82) is 0 Å². The number of nitrogens with zero attached hydrogens (tertiary/aromatic N) is 1. The molecule has 0 fully saturated rings. The van der Waals surface area contributed by atoms with Gasteiger partial charge in [-0.2, -0.15) is 0 Å². The maximum Gasteiger partial charge on any atom is 0.339 e. The molecule has 0 bridgehead atoms. The first-order chi connectivity index (χ1) is 15.5. The fourth-order valence-corrected chi connectivity index (χ4v) is 4.90. The standard InChI is InChI=1S/C23H22N2O5S2/c1-14-11-31-23(25-14)32-12-17-5-3-4-6-18(17)22(27)30-15(2)21(26)24-10-16-7-8-19-20(9-16)29-13-28-19/h3-9,11,15H,10,12-13H2,1-2H3,(H,24,26). The molecule has 0 saturated heterocycles. The van der Waals surface area contributed by atoms with Crippen LogP contribution in [0.5, 0.6) is 11.5 Å². The van der Waals surface area contributed by atoms with Crippen LogP contribution in [0, 0.1) is 6.92 Å². The van der Waals surface area contributed by atoms with Gasteiger partial charge in [-0.05, 0) is 43.2 Å². The molecule has 7 nitrogen and oxygen atoms in total. The molecule has 2 aromatic carbocycles. The molecule has 1 aromatic heterocycles. The van der Waals surface area contributed by atoms with E-state index in [1.165, 1.54) is 0 Å². The molecule has 0 saturated carbocycles. The van der Waals surface area contributed by atoms with Crippen molar-refractivity contribution in [3.8, 4) is 11.5 Å². The number of carbonyl (C=O) groups excluding carboxylic acids is 2. The maximum atomic E-state index is 12.7. The lowest BCUT2D eigenvalue weighted by molar-refractivity contribution is -0.129. The van der Waals surface area contributed by atoms with Crippen molar-refractivity contribution in [3.05, 3.63) is 70.2 Å². The minimum absolute atomic E-state index is 0.196. The lowest BCUT2D eigenvalue weighted by atomic mass is 10.1. The summed E-state index contributed by atoms with van der Waals surface area (Å²) in [5, 5.41) is 4.78. The van der Waals surface area contributed by atoms with Crippen molar-refractivity contribution in [1.82, 2.24) is 10.3 Å². The number of benzene rings is 2. The molecule has 32 heavy (non-hydrogen) atoms. The first kappa shape index (κ1) is 22.2. The molecule has 1 unspecified atom stereocenters. The minimum atomic E-state index is -0.932. The quantitative estimate of drug-likeness (QED) is 0.387. The van der Waals surface area contributed by atoms with Gasteiger partial charge in [0.25, 0.3) is 5.91 Å². The molecule has 9 heteroatoms. The Morgan fingerprint density at radius 2 is 2.03 bits per heavy atom. The van der Waals surface area contributed by atoms with Crippen LogP contribution in [0.2, 0.25) is 0 Å². The van der Waals surface area contributed by atoms with Gasteiger partial charge in [-0.25, -0.2) is 9.78 Å². The molecule has 4 rings (SSSR count). The highest BCUT2D eigenvalue weighted by atomic mass is 32.2. The number of aromatic nitrogens is 1. The first-order valence-corrected chi connectivity index (χ1v) is 11.9. The van der Waals surface area contributed by atoms with Gasteiger partial charge in [0, 0.05) is 23.4 Å². The lowest BCUT2D eigenvalue weighted by Gasteiger charge is -2.15. The van der Waals surface area contributed by atoms with Gasteiger partial charge in [-0.1, -0.05) is 36.0 Å². The summed E-state index contributed by atoms with van der Waals surface area (Å²) in [4.78, 5) is 29.6. The number of esters is 1. The molecule has 0 radical (unpaired) electrons. The summed E-state index contributed by atoms with van der Waals surface area (Å²) in [5.74, 6) is 1.02. The summed E-state index contributed by atoms with van der Waals surface area (Å²) >= 11 is 3.14. The molecule has 1 amide bonds. The SMILES string of the molecule is Cc1csc(SCc2ccccc2C(=O)OC(C)C(=O)NCc2ccc3c(c2)OCO3)n1. The number of aryl methyl sites for hydroxylation is 1. The Morgan fingerprint density at radius 1 is 1.22 bits per heavy atom. The molecule has 2 heterocycles. The molecule has 3 aromatic rings. The van der Waals surface area contributed by atoms with Crippen LogP contribution in [0.4, 0.5) is 0 Å². The molecule has 1 aliphatic heterocycles. The molecule has 1 aliphatic rings. The van der Waals surface area contributed by atoms with E-state index < -0.39 is 12.1 Å². The van der Waals surface area contributed by atoms with Gasteiger partial charge in [0.05, 0.1) is 5.56 Å². The Labute approximate surface area is 194 Å². The van der Waals surface area contributed by atoms with Crippen LogP contribution in [-0.2, 0) is 21.8 Å². The van der Waals surface area contributed by atoms with Gasteiger partial charge in [0.2, 0.25) is 6.79 Å². The van der Waals surface area contributed by atoms with Crippen LogP contribution in [0.1, 0.15) is 34.1 Å². The fraction of sp³-hybridized carbons (Fsp3) is 0.261. The highest BCUT2D eigenvalue weighted by Crippen LogP contribution is 2.32. The fourth-order valence-electron chi connectivity index (χ4n) is 3.04. The van der Waals surface area contributed by atoms with Crippen molar-refractivity contribution in [2.24, 2.45) is 0 Å². The van der Waals surface area contributed by atoms with Crippen LogP contribution >= 0.6 is 23.1 Å². The zero-order valence-electron chi connectivity index (χ0n) is 17.6. The maximum absolute atomic E-state index is 12.7. The van der Waals surface area contributed by atoms with Gasteiger partial charge in [0.15, 0.2) is 17.6 Å². The lowest BCUT2D eigenvalue weighted by Crippen LogP contribution is -2.35. The van der Waals surface area contributed by atoms with Gasteiger partial charge in [-0.15, -0.1) is 11.3 Å². The monoisotopic (exact) mass is 470 g/mol. The van der Waals surface area contributed by atoms with Crippen molar-refractivity contribution < 1.29 is 23.8 Å². The second-order valence-electron chi connectivity index (χ2n) is 7.15. The van der Waals surface area contributed by atoms with Crippen LogP contribution in [0.25, 0.3) is 0 Å². The Morgan fingerprint density at radius 3 is 2.84 bits per heavy atom. The first-order valence-electron chi connectivity index (χ1n) is 9.99. The number of nitrogens with one attached hydrogen (secondary N) is 1. The second kappa shape index (κ2) is 10.1. The van der Waals surface area contributed by atoms with Crippen molar-refractivity contribution in [3.63, 3.8) is 0 Å². The van der Waals surface area contributed by atoms with E-state index >= 15 is 0 Å². The van der Waals surface area contributed by atoms with Gasteiger partial charge >= 0.3 is 5.97 Å². The average Bonchev–Trinajstić information content (AvgIpc) is 3.44. The normalized spacial score (nSPS) is 12.9. The van der Waals surface area contributed by atoms with E-state index in [9.17, 15) is 9.59 Å². The van der Waals surface area contributed by atoms with Gasteiger partial charge in [0.1, 0.15) is 4.34 Å². The van der Waals surface area contributed by atoms with Gasteiger partial charge in [-0.3, -0.25) is 4.79 Å². The molecule has 166 valence electrons. The number of amides is 1. The van der Waals surface area contributed by atoms with Crippen LogP contribution in [0.15, 0.2) is 52.2 Å². The number of fused-ring (bicyclic) bond motifs is 1. The summed E-state index contributed by atoms with van der Waals surface area (Å²) in [6.07, 6.45) is -0.932. The number of hydrogen-bond acceptors (Lipinski definition) is 8. The van der Waals surface area contributed by atoms with E-state index in [1.54, 1.807) is 48.2 Å². The highest BCUT2D eigenvalue weighted by Gasteiger charge is 2.21. The average molecular weight is 471 g/mol.